The maximum absolute atomic E-state index is 14.6. The lowest BCUT2D eigenvalue weighted by Gasteiger charge is -2.34. The van der Waals surface area contributed by atoms with Gasteiger partial charge in [0.25, 0.3) is 10.0 Å². The molecule has 0 aliphatic carbocycles. The first-order valence-electron chi connectivity index (χ1n) is 14.9. The zero-order chi connectivity index (χ0) is 33.4. The number of rotatable bonds is 13. The maximum atomic E-state index is 14.6. The van der Waals surface area contributed by atoms with Gasteiger partial charge < -0.3 is 19.7 Å². The highest BCUT2D eigenvalue weighted by Crippen LogP contribution is 2.33. The monoisotopic (exact) mass is 643 g/mol. The first kappa shape index (κ1) is 34.1. The standard InChI is InChI=1S/C36H41N3O6S/c1-25-18-26(2)20-30(19-25)39(46(42,43)31-16-17-33(44-5)34(22-31)45-6)24-35(40)38(23-29-15-11-10-12-27(29)3)32(36(41)37-4)21-28-13-8-7-9-14-28/h7-20,22,32H,21,23-24H2,1-6H3,(H,37,41)/t32-/m1/s1. The van der Waals surface area contributed by atoms with Crippen molar-refractivity contribution in [3.63, 3.8) is 0 Å². The van der Waals surface area contributed by atoms with Gasteiger partial charge in [-0.15, -0.1) is 0 Å². The molecule has 4 aromatic carbocycles. The van der Waals surface area contributed by atoms with Gasteiger partial charge in [0.1, 0.15) is 12.6 Å². The van der Waals surface area contributed by atoms with Crippen LogP contribution in [0.2, 0.25) is 0 Å². The van der Waals surface area contributed by atoms with E-state index < -0.39 is 28.5 Å². The second kappa shape index (κ2) is 15.0. The molecule has 10 heteroatoms. The van der Waals surface area contributed by atoms with Crippen molar-refractivity contribution in [3.05, 3.63) is 119 Å². The predicted molar refractivity (Wildman–Crippen MR) is 180 cm³/mol. The number of benzene rings is 4. The van der Waals surface area contributed by atoms with Gasteiger partial charge in [-0.05, 0) is 72.9 Å². The number of carbonyl (C=O) groups excluding carboxylic acids is 2. The Labute approximate surface area is 271 Å². The summed E-state index contributed by atoms with van der Waals surface area (Å²) in [5.74, 6) is -0.282. The topological polar surface area (TPSA) is 105 Å². The molecule has 46 heavy (non-hydrogen) atoms. The lowest BCUT2D eigenvalue weighted by atomic mass is 10.0. The molecule has 9 nitrogen and oxygen atoms in total. The van der Waals surface area contributed by atoms with E-state index in [1.807, 2.05) is 81.4 Å². The van der Waals surface area contributed by atoms with Crippen molar-refractivity contribution in [1.82, 2.24) is 10.2 Å². The van der Waals surface area contributed by atoms with Gasteiger partial charge in [0.15, 0.2) is 11.5 Å². The van der Waals surface area contributed by atoms with Gasteiger partial charge in [-0.2, -0.15) is 0 Å². The molecule has 0 bridgehead atoms. The molecule has 4 rings (SSSR count). The summed E-state index contributed by atoms with van der Waals surface area (Å²) in [5, 5.41) is 2.71. The van der Waals surface area contributed by atoms with E-state index >= 15 is 0 Å². The third-order valence-corrected chi connectivity index (χ3v) is 9.61. The molecule has 1 atom stereocenters. The molecule has 0 aromatic heterocycles. The highest BCUT2D eigenvalue weighted by molar-refractivity contribution is 7.92. The molecule has 0 spiro atoms. The zero-order valence-corrected chi connectivity index (χ0v) is 27.9. The van der Waals surface area contributed by atoms with Gasteiger partial charge >= 0.3 is 0 Å². The first-order valence-corrected chi connectivity index (χ1v) is 16.3. The van der Waals surface area contributed by atoms with Gasteiger partial charge in [-0.1, -0.05) is 60.7 Å². The average Bonchev–Trinajstić information content (AvgIpc) is 3.05. The minimum Gasteiger partial charge on any atom is -0.493 e. The minimum absolute atomic E-state index is 0.0744. The maximum Gasteiger partial charge on any atom is 0.264 e. The van der Waals surface area contributed by atoms with Crippen LogP contribution in [0.1, 0.15) is 27.8 Å². The van der Waals surface area contributed by atoms with E-state index in [0.717, 1.165) is 32.1 Å². The van der Waals surface area contributed by atoms with E-state index in [4.69, 9.17) is 9.47 Å². The van der Waals surface area contributed by atoms with E-state index in [1.54, 1.807) is 12.1 Å². The Morgan fingerprint density at radius 3 is 2.04 bits per heavy atom. The Kier molecular flexibility index (Phi) is 11.1. The summed E-state index contributed by atoms with van der Waals surface area (Å²) in [5.41, 5.74) is 4.65. The van der Waals surface area contributed by atoms with Crippen molar-refractivity contribution in [2.24, 2.45) is 0 Å². The summed E-state index contributed by atoms with van der Waals surface area (Å²) < 4.78 is 40.7. The minimum atomic E-state index is -4.32. The number of amides is 2. The number of aryl methyl sites for hydroxylation is 3. The highest BCUT2D eigenvalue weighted by Gasteiger charge is 2.35. The molecular formula is C36H41N3O6S. The molecular weight excluding hydrogens is 602 g/mol. The fourth-order valence-corrected chi connectivity index (χ4v) is 6.83. The summed E-state index contributed by atoms with van der Waals surface area (Å²) in [6, 6.07) is 25.8. The van der Waals surface area contributed by atoms with Crippen LogP contribution in [0, 0.1) is 20.8 Å². The van der Waals surface area contributed by atoms with Crippen molar-refractivity contribution < 1.29 is 27.5 Å². The molecule has 0 fully saturated rings. The zero-order valence-electron chi connectivity index (χ0n) is 27.1. The largest absolute Gasteiger partial charge is 0.493 e. The molecule has 0 saturated heterocycles. The molecule has 0 aliphatic rings. The van der Waals surface area contributed by atoms with E-state index in [-0.39, 0.29) is 29.5 Å². The summed E-state index contributed by atoms with van der Waals surface area (Å²) in [7, 11) is 0.104. The van der Waals surface area contributed by atoms with Crippen LogP contribution in [0.3, 0.4) is 0 Å². The molecule has 0 unspecified atom stereocenters. The van der Waals surface area contributed by atoms with Crippen LogP contribution in [0.15, 0.2) is 95.9 Å². The summed E-state index contributed by atoms with van der Waals surface area (Å²) in [6.45, 7) is 5.23. The van der Waals surface area contributed by atoms with Gasteiger partial charge in [0.2, 0.25) is 11.8 Å². The Balaban J connectivity index is 1.85. The third kappa shape index (κ3) is 7.87. The van der Waals surface area contributed by atoms with Crippen molar-refractivity contribution in [3.8, 4) is 11.5 Å². The number of carbonyl (C=O) groups is 2. The summed E-state index contributed by atoms with van der Waals surface area (Å²) in [4.78, 5) is 29.4. The fourth-order valence-electron chi connectivity index (χ4n) is 5.42. The van der Waals surface area contributed by atoms with Crippen LogP contribution in [0.25, 0.3) is 0 Å². The van der Waals surface area contributed by atoms with Crippen molar-refractivity contribution in [1.29, 1.82) is 0 Å². The number of hydrogen-bond donors (Lipinski definition) is 1. The second-order valence-corrected chi connectivity index (χ2v) is 13.0. The van der Waals surface area contributed by atoms with E-state index in [9.17, 15) is 18.0 Å². The van der Waals surface area contributed by atoms with E-state index in [2.05, 4.69) is 5.32 Å². The molecule has 1 N–H and O–H groups in total. The quantitative estimate of drug-likeness (QED) is 0.215. The number of nitrogens with zero attached hydrogens (tertiary/aromatic N) is 2. The van der Waals surface area contributed by atoms with Gasteiger partial charge in [0, 0.05) is 26.1 Å². The van der Waals surface area contributed by atoms with Gasteiger partial charge in [-0.3, -0.25) is 13.9 Å². The molecule has 0 heterocycles. The number of anilines is 1. The summed E-state index contributed by atoms with van der Waals surface area (Å²) in [6.07, 6.45) is 0.240. The van der Waals surface area contributed by atoms with Crippen LogP contribution >= 0.6 is 0 Å². The van der Waals surface area contributed by atoms with Crippen LogP contribution in [-0.2, 0) is 32.6 Å². The van der Waals surface area contributed by atoms with Crippen LogP contribution in [-0.4, -0.2) is 59.0 Å². The Morgan fingerprint density at radius 1 is 0.804 bits per heavy atom. The van der Waals surface area contributed by atoms with E-state index in [1.165, 1.54) is 44.4 Å². The number of sulfonamides is 1. The van der Waals surface area contributed by atoms with E-state index in [0.29, 0.717) is 11.4 Å². The normalized spacial score (nSPS) is 11.8. The fraction of sp³-hybridized carbons (Fsp3) is 0.278. The van der Waals surface area contributed by atoms with Crippen LogP contribution < -0.4 is 19.1 Å². The average molecular weight is 644 g/mol. The number of methoxy groups -OCH3 is 2. The molecule has 242 valence electrons. The smallest absolute Gasteiger partial charge is 0.264 e. The molecule has 0 aliphatic heterocycles. The molecule has 2 amide bonds. The SMILES string of the molecule is CNC(=O)[C@@H](Cc1ccccc1)N(Cc1ccccc1C)C(=O)CN(c1cc(C)cc(C)c1)S(=O)(=O)c1ccc(OC)c(OC)c1. The predicted octanol–water partition coefficient (Wildman–Crippen LogP) is 5.21. The van der Waals surface area contributed by atoms with Crippen LogP contribution in [0.4, 0.5) is 5.69 Å². The van der Waals surface area contributed by atoms with Gasteiger partial charge in [-0.25, -0.2) is 8.42 Å². The highest BCUT2D eigenvalue weighted by atomic mass is 32.2. The van der Waals surface area contributed by atoms with Crippen molar-refractivity contribution in [2.45, 2.75) is 44.7 Å². The third-order valence-electron chi connectivity index (χ3n) is 7.84. The summed E-state index contributed by atoms with van der Waals surface area (Å²) >= 11 is 0. The lowest BCUT2D eigenvalue weighted by molar-refractivity contribution is -0.139. The molecule has 0 saturated carbocycles. The number of ether oxygens (including phenoxy) is 2. The Hall–Kier alpha value is -4.83. The Morgan fingerprint density at radius 2 is 1.43 bits per heavy atom. The lowest BCUT2D eigenvalue weighted by Crippen LogP contribution is -2.53. The number of likely N-dealkylation sites (N-methyl/N-ethyl adjacent to an activating group) is 1. The molecule has 4 aromatic rings. The number of hydrogen-bond acceptors (Lipinski definition) is 6. The van der Waals surface area contributed by atoms with Crippen molar-refractivity contribution >= 4 is 27.5 Å². The van der Waals surface area contributed by atoms with Gasteiger partial charge in [0.05, 0.1) is 24.8 Å². The number of nitrogens with one attached hydrogen (secondary N) is 1. The first-order chi connectivity index (χ1) is 22.0. The second-order valence-electron chi connectivity index (χ2n) is 11.1. The van der Waals surface area contributed by atoms with Crippen LogP contribution in [0.5, 0.6) is 11.5 Å². The van der Waals surface area contributed by atoms with Crippen molar-refractivity contribution in [2.75, 3.05) is 32.1 Å². The Bertz CT molecular complexity index is 1770. The molecule has 0 radical (unpaired) electrons.